The lowest BCUT2D eigenvalue weighted by Gasteiger charge is -2.27. The summed E-state index contributed by atoms with van der Waals surface area (Å²) in [6.07, 6.45) is 1.19. The first-order valence-corrected chi connectivity index (χ1v) is 4.78. The Bertz CT molecular complexity index is 327. The summed E-state index contributed by atoms with van der Waals surface area (Å²) in [5.41, 5.74) is 8.05. The largest absolute Gasteiger partial charge is 0.391 e. The Labute approximate surface area is 82.3 Å². The molecule has 2 nitrogen and oxygen atoms in total. The Morgan fingerprint density at radius 3 is 3.00 bits per heavy atom. The molecular formula is C10H12ClNO. The molecule has 0 heterocycles. The monoisotopic (exact) mass is 197 g/mol. The summed E-state index contributed by atoms with van der Waals surface area (Å²) < 4.78 is 0. The second-order valence-electron chi connectivity index (χ2n) is 3.47. The predicted molar refractivity (Wildman–Crippen MR) is 52.7 cm³/mol. The van der Waals surface area contributed by atoms with E-state index in [1.165, 1.54) is 5.56 Å². The number of hydrogen-bond donors (Lipinski definition) is 2. The lowest BCUT2D eigenvalue weighted by atomic mass is 9.86. The maximum Gasteiger partial charge on any atom is 0.0736 e. The zero-order chi connectivity index (χ0) is 9.42. The molecule has 70 valence electrons. The van der Waals surface area contributed by atoms with E-state index < -0.39 is 6.10 Å². The Balaban J connectivity index is 2.44. The molecular weight excluding hydrogens is 186 g/mol. The van der Waals surface area contributed by atoms with Crippen LogP contribution in [0.3, 0.4) is 0 Å². The molecule has 2 rings (SSSR count). The van der Waals surface area contributed by atoms with Crippen LogP contribution in [0.25, 0.3) is 0 Å². The molecule has 2 atom stereocenters. The topological polar surface area (TPSA) is 46.2 Å². The molecule has 0 bridgehead atoms. The van der Waals surface area contributed by atoms with Crippen molar-refractivity contribution in [1.29, 1.82) is 0 Å². The van der Waals surface area contributed by atoms with Gasteiger partial charge in [0.15, 0.2) is 0 Å². The molecule has 0 saturated carbocycles. The number of nitrogens with two attached hydrogens (primary N) is 1. The van der Waals surface area contributed by atoms with Crippen LogP contribution >= 0.6 is 11.6 Å². The highest BCUT2D eigenvalue weighted by molar-refractivity contribution is 6.30. The molecule has 0 fully saturated rings. The summed E-state index contributed by atoms with van der Waals surface area (Å²) in [7, 11) is 0. The van der Waals surface area contributed by atoms with E-state index in [0.717, 1.165) is 23.4 Å². The first-order chi connectivity index (χ1) is 6.18. The number of halogens is 1. The molecule has 1 aromatic rings. The van der Waals surface area contributed by atoms with Gasteiger partial charge in [-0.3, -0.25) is 0 Å². The Hall–Kier alpha value is -0.570. The van der Waals surface area contributed by atoms with E-state index in [9.17, 15) is 5.11 Å². The van der Waals surface area contributed by atoms with Gasteiger partial charge >= 0.3 is 0 Å². The van der Waals surface area contributed by atoms with Gasteiger partial charge < -0.3 is 10.8 Å². The molecule has 0 spiro atoms. The second kappa shape index (κ2) is 3.29. The molecule has 0 radical (unpaired) electrons. The van der Waals surface area contributed by atoms with Gasteiger partial charge in [0.25, 0.3) is 0 Å². The van der Waals surface area contributed by atoms with Crippen molar-refractivity contribution in [2.75, 3.05) is 0 Å². The van der Waals surface area contributed by atoms with Crippen molar-refractivity contribution in [2.24, 2.45) is 5.73 Å². The number of fused-ring (bicyclic) bond motifs is 1. The quantitative estimate of drug-likeness (QED) is 0.665. The van der Waals surface area contributed by atoms with Gasteiger partial charge in [-0.2, -0.15) is 0 Å². The van der Waals surface area contributed by atoms with Crippen molar-refractivity contribution in [3.8, 4) is 0 Å². The van der Waals surface area contributed by atoms with Crippen molar-refractivity contribution < 1.29 is 5.11 Å². The Morgan fingerprint density at radius 1 is 1.46 bits per heavy atom. The Kier molecular flexibility index (Phi) is 2.28. The highest BCUT2D eigenvalue weighted by atomic mass is 35.5. The van der Waals surface area contributed by atoms with Gasteiger partial charge in [0.2, 0.25) is 0 Å². The third-order valence-corrected chi connectivity index (χ3v) is 2.82. The van der Waals surface area contributed by atoms with Gasteiger partial charge in [0, 0.05) is 5.02 Å². The highest BCUT2D eigenvalue weighted by Gasteiger charge is 2.24. The standard InChI is InChI=1S/C10H12ClNO/c11-7-2-3-8-6(5-7)1-4-9(13)10(8)12/h2-3,5,9-10,13H,1,4,12H2/t9-,10+/m0/s1. The fourth-order valence-corrected chi connectivity index (χ4v) is 2.00. The molecule has 1 aliphatic carbocycles. The molecule has 13 heavy (non-hydrogen) atoms. The molecule has 3 heteroatoms. The van der Waals surface area contributed by atoms with Crippen LogP contribution in [-0.2, 0) is 6.42 Å². The summed E-state index contributed by atoms with van der Waals surface area (Å²) in [6, 6.07) is 5.41. The number of hydrogen-bond acceptors (Lipinski definition) is 2. The van der Waals surface area contributed by atoms with E-state index in [1.807, 2.05) is 18.2 Å². The summed E-state index contributed by atoms with van der Waals surface area (Å²) in [5.74, 6) is 0. The molecule has 0 aromatic heterocycles. The van der Waals surface area contributed by atoms with E-state index in [-0.39, 0.29) is 6.04 Å². The minimum Gasteiger partial charge on any atom is -0.391 e. The van der Waals surface area contributed by atoms with Crippen molar-refractivity contribution in [1.82, 2.24) is 0 Å². The molecule has 3 N–H and O–H groups in total. The second-order valence-corrected chi connectivity index (χ2v) is 3.91. The lowest BCUT2D eigenvalue weighted by molar-refractivity contribution is 0.128. The number of rotatable bonds is 0. The van der Waals surface area contributed by atoms with Gasteiger partial charge in [-0.25, -0.2) is 0 Å². The number of benzene rings is 1. The summed E-state index contributed by atoms with van der Waals surface area (Å²) in [6.45, 7) is 0. The third kappa shape index (κ3) is 1.57. The fourth-order valence-electron chi connectivity index (χ4n) is 1.81. The highest BCUT2D eigenvalue weighted by Crippen LogP contribution is 2.29. The van der Waals surface area contributed by atoms with E-state index in [1.54, 1.807) is 0 Å². The molecule has 0 aliphatic heterocycles. The zero-order valence-corrected chi connectivity index (χ0v) is 7.96. The minimum absolute atomic E-state index is 0.249. The van der Waals surface area contributed by atoms with Crippen LogP contribution in [0.15, 0.2) is 18.2 Å². The maximum absolute atomic E-state index is 9.54. The van der Waals surface area contributed by atoms with Crippen LogP contribution < -0.4 is 5.73 Å². The molecule has 0 unspecified atom stereocenters. The van der Waals surface area contributed by atoms with Crippen molar-refractivity contribution in [3.63, 3.8) is 0 Å². The molecule has 1 aliphatic rings. The van der Waals surface area contributed by atoms with Gasteiger partial charge in [0.05, 0.1) is 12.1 Å². The van der Waals surface area contributed by atoms with Crippen LogP contribution in [0.1, 0.15) is 23.6 Å². The first-order valence-electron chi connectivity index (χ1n) is 4.40. The summed E-state index contributed by atoms with van der Waals surface area (Å²) >= 11 is 5.86. The average molecular weight is 198 g/mol. The average Bonchev–Trinajstić information content (AvgIpc) is 2.12. The van der Waals surface area contributed by atoms with E-state index in [4.69, 9.17) is 17.3 Å². The van der Waals surface area contributed by atoms with Crippen molar-refractivity contribution in [3.05, 3.63) is 34.3 Å². The van der Waals surface area contributed by atoms with E-state index in [0.29, 0.717) is 0 Å². The van der Waals surface area contributed by atoms with Crippen LogP contribution in [-0.4, -0.2) is 11.2 Å². The van der Waals surface area contributed by atoms with E-state index >= 15 is 0 Å². The predicted octanol–water partition coefficient (Wildman–Crippen LogP) is 1.65. The minimum atomic E-state index is -0.409. The summed E-state index contributed by atoms with van der Waals surface area (Å²) in [4.78, 5) is 0. The first kappa shape index (κ1) is 9.00. The Morgan fingerprint density at radius 2 is 2.23 bits per heavy atom. The fraction of sp³-hybridized carbons (Fsp3) is 0.400. The van der Waals surface area contributed by atoms with Crippen LogP contribution in [0, 0.1) is 0 Å². The maximum atomic E-state index is 9.54. The number of aryl methyl sites for hydroxylation is 1. The van der Waals surface area contributed by atoms with Gasteiger partial charge in [-0.15, -0.1) is 0 Å². The van der Waals surface area contributed by atoms with Crippen LogP contribution in [0.4, 0.5) is 0 Å². The molecule has 0 amide bonds. The molecule has 0 saturated heterocycles. The van der Waals surface area contributed by atoms with Gasteiger partial charge in [-0.05, 0) is 36.1 Å². The number of aliphatic hydroxyl groups excluding tert-OH is 1. The molecule has 1 aromatic carbocycles. The van der Waals surface area contributed by atoms with Gasteiger partial charge in [0.1, 0.15) is 0 Å². The van der Waals surface area contributed by atoms with Gasteiger partial charge in [-0.1, -0.05) is 17.7 Å². The zero-order valence-electron chi connectivity index (χ0n) is 7.20. The smallest absolute Gasteiger partial charge is 0.0736 e. The van der Waals surface area contributed by atoms with E-state index in [2.05, 4.69) is 0 Å². The van der Waals surface area contributed by atoms with Crippen molar-refractivity contribution in [2.45, 2.75) is 25.0 Å². The van der Waals surface area contributed by atoms with Crippen molar-refractivity contribution >= 4 is 11.6 Å². The number of aliphatic hydroxyl groups is 1. The lowest BCUT2D eigenvalue weighted by Crippen LogP contribution is -2.31. The van der Waals surface area contributed by atoms with Crippen LogP contribution in [0.5, 0.6) is 0 Å². The SMILES string of the molecule is N[C@@H]1c2ccc(Cl)cc2CC[C@@H]1O. The normalized spacial score (nSPS) is 27.0. The van der Waals surface area contributed by atoms with Crippen LogP contribution in [0.2, 0.25) is 5.02 Å². The third-order valence-electron chi connectivity index (χ3n) is 2.59. The summed E-state index contributed by atoms with van der Waals surface area (Å²) in [5, 5.41) is 10.3.